The number of carbonyl (C=O) groups excluding carboxylic acids is 1. The van der Waals surface area contributed by atoms with Crippen LogP contribution in [0.5, 0.6) is 0 Å². The van der Waals surface area contributed by atoms with Gasteiger partial charge in [0, 0.05) is 19.2 Å². The third kappa shape index (κ3) is 6.20. The molecule has 3 heteroatoms. The Morgan fingerprint density at radius 2 is 2.16 bits per heavy atom. The van der Waals surface area contributed by atoms with Crippen molar-refractivity contribution in [3.8, 4) is 0 Å². The van der Waals surface area contributed by atoms with E-state index in [1.807, 2.05) is 45.0 Å². The van der Waals surface area contributed by atoms with Crippen molar-refractivity contribution in [1.29, 1.82) is 0 Å². The predicted molar refractivity (Wildman–Crippen MR) is 78.7 cm³/mol. The van der Waals surface area contributed by atoms with E-state index in [1.165, 1.54) is 5.56 Å². The zero-order valence-corrected chi connectivity index (χ0v) is 11.9. The Hall–Kier alpha value is -1.61. The maximum absolute atomic E-state index is 11.7. The second-order valence-electron chi connectivity index (χ2n) is 5.60. The lowest BCUT2D eigenvalue weighted by Crippen LogP contribution is -2.33. The molecule has 0 saturated carbocycles. The number of hydrogen-bond donors (Lipinski definition) is 2. The zero-order chi connectivity index (χ0) is 14.3. The Balaban J connectivity index is 2.47. The maximum Gasteiger partial charge on any atom is 0.244 e. The van der Waals surface area contributed by atoms with E-state index in [4.69, 9.17) is 5.11 Å². The van der Waals surface area contributed by atoms with Crippen LogP contribution in [-0.4, -0.2) is 24.2 Å². The topological polar surface area (TPSA) is 49.3 Å². The number of hydrogen-bond acceptors (Lipinski definition) is 2. The molecule has 0 aliphatic carbocycles. The molecule has 2 N–H and O–H groups in total. The van der Waals surface area contributed by atoms with Gasteiger partial charge in [-0.3, -0.25) is 4.79 Å². The lowest BCUT2D eigenvalue weighted by atomic mass is 9.90. The molecule has 104 valence electrons. The van der Waals surface area contributed by atoms with Crippen LogP contribution in [-0.2, 0) is 4.79 Å². The third-order valence-corrected chi connectivity index (χ3v) is 3.00. The molecule has 0 saturated heterocycles. The third-order valence-electron chi connectivity index (χ3n) is 3.00. The van der Waals surface area contributed by atoms with Gasteiger partial charge in [-0.1, -0.05) is 43.7 Å². The number of nitrogens with one attached hydrogen (secondary N) is 1. The fraction of sp³-hybridized carbons (Fsp3) is 0.438. The molecule has 0 aliphatic rings. The Kier molecular flexibility index (Phi) is 5.77. The quantitative estimate of drug-likeness (QED) is 0.773. The van der Waals surface area contributed by atoms with Crippen LogP contribution >= 0.6 is 0 Å². The first-order chi connectivity index (χ1) is 8.93. The van der Waals surface area contributed by atoms with Crippen LogP contribution in [0.4, 0.5) is 0 Å². The first kappa shape index (κ1) is 15.4. The Morgan fingerprint density at radius 3 is 2.79 bits per heavy atom. The molecule has 1 aromatic carbocycles. The van der Waals surface area contributed by atoms with Crippen molar-refractivity contribution in [2.45, 2.75) is 27.2 Å². The van der Waals surface area contributed by atoms with Crippen LogP contribution in [0.1, 0.15) is 31.4 Å². The molecule has 0 aromatic heterocycles. The molecule has 19 heavy (non-hydrogen) atoms. The SMILES string of the molecule is Cc1cccc(/C=C/C(=O)NCC(C)(C)CCO)c1. The molecule has 0 aliphatic heterocycles. The summed E-state index contributed by atoms with van der Waals surface area (Å²) in [4.78, 5) is 11.7. The highest BCUT2D eigenvalue weighted by Gasteiger charge is 2.17. The summed E-state index contributed by atoms with van der Waals surface area (Å²) in [5, 5.41) is 11.8. The van der Waals surface area contributed by atoms with Gasteiger partial charge < -0.3 is 10.4 Å². The highest BCUT2D eigenvalue weighted by Crippen LogP contribution is 2.17. The van der Waals surface area contributed by atoms with Gasteiger partial charge in [0.1, 0.15) is 0 Å². The van der Waals surface area contributed by atoms with Gasteiger partial charge in [-0.25, -0.2) is 0 Å². The molecule has 1 rings (SSSR count). The monoisotopic (exact) mass is 261 g/mol. The maximum atomic E-state index is 11.7. The van der Waals surface area contributed by atoms with Crippen LogP contribution in [0.15, 0.2) is 30.3 Å². The van der Waals surface area contributed by atoms with Crippen molar-refractivity contribution in [3.63, 3.8) is 0 Å². The van der Waals surface area contributed by atoms with Crippen LogP contribution in [0.25, 0.3) is 6.08 Å². The van der Waals surface area contributed by atoms with Gasteiger partial charge in [0.05, 0.1) is 0 Å². The van der Waals surface area contributed by atoms with Crippen molar-refractivity contribution in [2.75, 3.05) is 13.2 Å². The fourth-order valence-electron chi connectivity index (χ4n) is 1.72. The number of benzene rings is 1. The van der Waals surface area contributed by atoms with E-state index in [2.05, 4.69) is 5.32 Å². The standard InChI is InChI=1S/C16H23NO2/c1-13-5-4-6-14(11-13)7-8-15(19)17-12-16(2,3)9-10-18/h4-8,11,18H,9-10,12H2,1-3H3,(H,17,19)/b8-7+. The molecular weight excluding hydrogens is 238 g/mol. The minimum Gasteiger partial charge on any atom is -0.396 e. The number of aliphatic hydroxyl groups excluding tert-OH is 1. The molecule has 0 radical (unpaired) electrons. The lowest BCUT2D eigenvalue weighted by Gasteiger charge is -2.23. The molecular formula is C16H23NO2. The van der Waals surface area contributed by atoms with E-state index in [-0.39, 0.29) is 17.9 Å². The predicted octanol–water partition coefficient (Wildman–Crippen LogP) is 2.53. The molecule has 0 heterocycles. The van der Waals surface area contributed by atoms with Crippen LogP contribution in [0.2, 0.25) is 0 Å². The molecule has 0 fully saturated rings. The average Bonchev–Trinajstić information content (AvgIpc) is 2.34. The number of rotatable bonds is 6. The van der Waals surface area contributed by atoms with Gasteiger partial charge in [-0.2, -0.15) is 0 Å². The summed E-state index contributed by atoms with van der Waals surface area (Å²) in [6.07, 6.45) is 4.03. The molecule has 1 amide bonds. The summed E-state index contributed by atoms with van der Waals surface area (Å²) < 4.78 is 0. The van der Waals surface area contributed by atoms with Crippen molar-refractivity contribution in [1.82, 2.24) is 5.32 Å². The number of aliphatic hydroxyl groups is 1. The molecule has 0 bridgehead atoms. The van der Waals surface area contributed by atoms with Gasteiger partial charge in [-0.05, 0) is 30.4 Å². The largest absolute Gasteiger partial charge is 0.396 e. The zero-order valence-electron chi connectivity index (χ0n) is 11.9. The van der Waals surface area contributed by atoms with Crippen molar-refractivity contribution in [3.05, 3.63) is 41.5 Å². The van der Waals surface area contributed by atoms with Crippen LogP contribution < -0.4 is 5.32 Å². The van der Waals surface area contributed by atoms with Gasteiger partial charge in [0.2, 0.25) is 5.91 Å². The highest BCUT2D eigenvalue weighted by molar-refractivity contribution is 5.91. The Morgan fingerprint density at radius 1 is 1.42 bits per heavy atom. The van der Waals surface area contributed by atoms with Crippen molar-refractivity contribution in [2.24, 2.45) is 5.41 Å². The number of amides is 1. The van der Waals surface area contributed by atoms with E-state index < -0.39 is 0 Å². The summed E-state index contributed by atoms with van der Waals surface area (Å²) in [6, 6.07) is 7.98. The van der Waals surface area contributed by atoms with Gasteiger partial charge in [0.25, 0.3) is 0 Å². The second-order valence-corrected chi connectivity index (χ2v) is 5.60. The Bertz CT molecular complexity index is 450. The molecule has 0 atom stereocenters. The number of carbonyl (C=O) groups is 1. The van der Waals surface area contributed by atoms with Crippen molar-refractivity contribution >= 4 is 12.0 Å². The average molecular weight is 261 g/mol. The normalized spacial score (nSPS) is 11.8. The number of aryl methyl sites for hydroxylation is 1. The molecule has 0 unspecified atom stereocenters. The summed E-state index contributed by atoms with van der Waals surface area (Å²) in [5.74, 6) is -0.104. The van der Waals surface area contributed by atoms with E-state index in [0.717, 1.165) is 5.56 Å². The van der Waals surface area contributed by atoms with Crippen LogP contribution in [0.3, 0.4) is 0 Å². The molecule has 0 spiro atoms. The van der Waals surface area contributed by atoms with E-state index in [9.17, 15) is 4.79 Å². The highest BCUT2D eigenvalue weighted by atomic mass is 16.3. The van der Waals surface area contributed by atoms with Crippen molar-refractivity contribution < 1.29 is 9.90 Å². The van der Waals surface area contributed by atoms with E-state index in [0.29, 0.717) is 13.0 Å². The van der Waals surface area contributed by atoms with Gasteiger partial charge in [-0.15, -0.1) is 0 Å². The minimum atomic E-state index is -0.104. The van der Waals surface area contributed by atoms with E-state index >= 15 is 0 Å². The summed E-state index contributed by atoms with van der Waals surface area (Å²) in [7, 11) is 0. The summed E-state index contributed by atoms with van der Waals surface area (Å²) >= 11 is 0. The minimum absolute atomic E-state index is 0.0818. The molecule has 1 aromatic rings. The lowest BCUT2D eigenvalue weighted by molar-refractivity contribution is -0.116. The summed E-state index contributed by atoms with van der Waals surface area (Å²) in [5.41, 5.74) is 2.11. The first-order valence-electron chi connectivity index (χ1n) is 6.56. The second kappa shape index (κ2) is 7.10. The van der Waals surface area contributed by atoms with Gasteiger partial charge >= 0.3 is 0 Å². The van der Waals surface area contributed by atoms with Crippen LogP contribution in [0, 0.1) is 12.3 Å². The Labute approximate surface area is 115 Å². The van der Waals surface area contributed by atoms with E-state index in [1.54, 1.807) is 12.2 Å². The molecule has 3 nitrogen and oxygen atoms in total. The fourth-order valence-corrected chi connectivity index (χ4v) is 1.72. The smallest absolute Gasteiger partial charge is 0.244 e. The first-order valence-corrected chi connectivity index (χ1v) is 6.56. The van der Waals surface area contributed by atoms with Gasteiger partial charge in [0.15, 0.2) is 0 Å². The summed E-state index contributed by atoms with van der Waals surface area (Å²) in [6.45, 7) is 6.77.